The predicted octanol–water partition coefficient (Wildman–Crippen LogP) is 8.22. The molecular formula is C81H93N21O12. The molecule has 9 aliphatic heterocycles. The van der Waals surface area contributed by atoms with E-state index >= 15 is 0 Å². The van der Waals surface area contributed by atoms with Crippen LogP contribution in [0.3, 0.4) is 0 Å². The maximum absolute atomic E-state index is 13.4. The molecule has 9 amide bonds. The van der Waals surface area contributed by atoms with Gasteiger partial charge in [-0.1, -0.05) is 20.8 Å². The molecule has 15 heterocycles. The van der Waals surface area contributed by atoms with Gasteiger partial charge in [-0.2, -0.15) is 15.8 Å². The van der Waals surface area contributed by atoms with Gasteiger partial charge in [0.05, 0.1) is 52.1 Å². The summed E-state index contributed by atoms with van der Waals surface area (Å²) >= 11 is 0. The number of aldehydes is 3. The summed E-state index contributed by atoms with van der Waals surface area (Å²) in [6.07, 6.45) is 16.0. The van der Waals surface area contributed by atoms with Gasteiger partial charge in [0, 0.05) is 191 Å². The van der Waals surface area contributed by atoms with Crippen molar-refractivity contribution in [3.05, 3.63) is 122 Å². The Morgan fingerprint density at radius 2 is 0.711 bits per heavy atom. The number of amides is 9. The van der Waals surface area contributed by atoms with Crippen molar-refractivity contribution in [2.75, 3.05) is 145 Å². The number of aromatic nitrogens is 6. The van der Waals surface area contributed by atoms with Crippen LogP contribution in [0.25, 0.3) is 0 Å². The van der Waals surface area contributed by atoms with Crippen LogP contribution in [0.2, 0.25) is 0 Å². The number of anilines is 9. The third-order valence-corrected chi connectivity index (χ3v) is 22.8. The summed E-state index contributed by atoms with van der Waals surface area (Å²) in [5.41, 5.74) is 8.77. The van der Waals surface area contributed by atoms with Crippen LogP contribution in [0, 0.1) is 51.7 Å². The molecule has 6 saturated heterocycles. The van der Waals surface area contributed by atoms with E-state index in [0.29, 0.717) is 183 Å². The highest BCUT2D eigenvalue weighted by Gasteiger charge is 2.37. The van der Waals surface area contributed by atoms with E-state index in [2.05, 4.69) is 78.8 Å². The van der Waals surface area contributed by atoms with Crippen LogP contribution < -0.4 is 45.3 Å². The number of hydrogen-bond acceptors (Lipinski definition) is 24. The molecule has 0 radical (unpaired) electrons. The van der Waals surface area contributed by atoms with Crippen molar-refractivity contribution in [2.45, 2.75) is 136 Å². The SMILES string of the molecule is COC1CCN(c2cc(NC(=O)N3CCCc4cc(CN5CCC(C)C5=O)c(C=O)nc43)ncc2C#N)C1.CO[C@@H]1CCN(c2cc(NC(=O)N3CCCc4cc(CN5CCC(C)C5=O)c(C=O)nc43)ncc2C#N)C1.CO[C@H]1CCN(c2cc(NC(=O)N3CCCc4cc(CN5CC[C@H](C)C5=O)c(C=O)nc43)ncc2C#N)C1. The van der Waals surface area contributed by atoms with Gasteiger partial charge in [0.2, 0.25) is 17.7 Å². The zero-order chi connectivity index (χ0) is 80.4. The molecule has 0 spiro atoms. The molecule has 114 heavy (non-hydrogen) atoms. The zero-order valence-electron chi connectivity index (χ0n) is 64.9. The quantitative estimate of drug-likeness (QED) is 0.0682. The number of nitriles is 3. The number of carbonyl (C=O) groups excluding carboxylic acids is 9. The summed E-state index contributed by atoms with van der Waals surface area (Å²) < 4.78 is 16.4. The summed E-state index contributed by atoms with van der Waals surface area (Å²) in [4.78, 5) is 156. The van der Waals surface area contributed by atoms with Crippen molar-refractivity contribution in [3.8, 4) is 18.2 Å². The standard InChI is InChI=1S/3C27H31N7O4/c3*1-17-5-8-33(26(17)36)14-19-10-18-4-3-7-34(25(18)30-22(19)16-35)27(37)31-24-11-23(20(12-28)13-29-24)32-9-6-21(15-32)38-2/h3*10-11,13,16-17,21H,3-9,14-15H2,1-2H3,(H,29,31,37)/t17?,21-;17-,21-;/m10./s1. The van der Waals surface area contributed by atoms with Gasteiger partial charge in [-0.3, -0.25) is 59.4 Å². The average Bonchev–Trinajstić information content (AvgIpc) is 0.827. The Kier molecular flexibility index (Phi) is 25.0. The maximum Gasteiger partial charge on any atom is 0.328 e. The first kappa shape index (κ1) is 79.9. The predicted molar refractivity (Wildman–Crippen MR) is 420 cm³/mol. The smallest absolute Gasteiger partial charge is 0.328 e. The van der Waals surface area contributed by atoms with Crippen LogP contribution in [0.1, 0.15) is 160 Å². The number of fused-ring (bicyclic) bond motifs is 3. The molecule has 0 aromatic carbocycles. The van der Waals surface area contributed by atoms with Gasteiger partial charge in [0.15, 0.2) is 18.9 Å². The second-order valence-corrected chi connectivity index (χ2v) is 30.2. The van der Waals surface area contributed by atoms with Gasteiger partial charge in [0.25, 0.3) is 0 Å². The van der Waals surface area contributed by atoms with Crippen LogP contribution in [0.4, 0.5) is 66.4 Å². The molecule has 0 aliphatic carbocycles. The minimum absolute atomic E-state index is 0.0114. The van der Waals surface area contributed by atoms with E-state index in [1.54, 1.807) is 54.2 Å². The van der Waals surface area contributed by atoms with Gasteiger partial charge < -0.3 is 43.6 Å². The number of rotatable bonds is 18. The highest BCUT2D eigenvalue weighted by molar-refractivity contribution is 6.04. The fraction of sp³-hybridized carbons (Fsp3) is 0.481. The van der Waals surface area contributed by atoms with E-state index in [1.807, 2.05) is 39.0 Å². The van der Waals surface area contributed by atoms with Crippen LogP contribution in [-0.4, -0.2) is 217 Å². The minimum Gasteiger partial charge on any atom is -0.380 e. The molecule has 0 bridgehead atoms. The topological polar surface area (TPSA) is 395 Å². The van der Waals surface area contributed by atoms with E-state index in [9.17, 15) is 58.9 Å². The molecule has 3 unspecified atom stereocenters. The lowest BCUT2D eigenvalue weighted by atomic mass is 10.0. The molecular weight excluding hydrogens is 1460 g/mol. The monoisotopic (exact) mass is 1550 g/mol. The fourth-order valence-electron chi connectivity index (χ4n) is 16.3. The second kappa shape index (κ2) is 35.7. The third-order valence-electron chi connectivity index (χ3n) is 22.8. The van der Waals surface area contributed by atoms with Crippen molar-refractivity contribution >= 4 is 107 Å². The van der Waals surface area contributed by atoms with Gasteiger partial charge in [0.1, 0.15) is 70.2 Å². The number of methoxy groups -OCH3 is 3. The second-order valence-electron chi connectivity index (χ2n) is 30.2. The Labute approximate surface area is 660 Å². The molecule has 6 fully saturated rings. The summed E-state index contributed by atoms with van der Waals surface area (Å²) in [7, 11) is 5.02. The van der Waals surface area contributed by atoms with Crippen LogP contribution in [-0.2, 0) is 67.5 Å². The van der Waals surface area contributed by atoms with Crippen molar-refractivity contribution in [3.63, 3.8) is 0 Å². The minimum atomic E-state index is -0.411. The zero-order valence-corrected chi connectivity index (χ0v) is 64.9. The van der Waals surface area contributed by atoms with E-state index < -0.39 is 18.1 Å². The van der Waals surface area contributed by atoms with Gasteiger partial charge in [-0.15, -0.1) is 0 Å². The van der Waals surface area contributed by atoms with Gasteiger partial charge in [-0.05, 0) is 112 Å². The lowest BCUT2D eigenvalue weighted by Gasteiger charge is -2.29. The Morgan fingerprint density at radius 3 is 0.939 bits per heavy atom. The average molecular weight is 1550 g/mol. The van der Waals surface area contributed by atoms with E-state index in [-0.39, 0.29) is 70.9 Å². The Balaban J connectivity index is 0.000000149. The highest BCUT2D eigenvalue weighted by Crippen LogP contribution is 2.37. The summed E-state index contributed by atoms with van der Waals surface area (Å²) in [6.45, 7) is 14.3. The number of hydrogen-bond donors (Lipinski definition) is 3. The summed E-state index contributed by atoms with van der Waals surface area (Å²) in [5, 5.41) is 37.2. The molecule has 33 nitrogen and oxygen atoms in total. The normalized spacial score (nSPS) is 20.9. The number of carbonyl (C=O) groups is 9. The molecule has 594 valence electrons. The van der Waals surface area contributed by atoms with Crippen LogP contribution >= 0.6 is 0 Å². The van der Waals surface area contributed by atoms with E-state index in [1.165, 1.54) is 33.3 Å². The summed E-state index contributed by atoms with van der Waals surface area (Å²) in [5.74, 6) is 2.52. The number of aryl methyl sites for hydroxylation is 3. The molecule has 6 atom stereocenters. The van der Waals surface area contributed by atoms with Crippen molar-refractivity contribution in [2.24, 2.45) is 17.8 Å². The van der Waals surface area contributed by atoms with Crippen LogP contribution in [0.15, 0.2) is 55.0 Å². The Bertz CT molecular complexity index is 4390. The van der Waals surface area contributed by atoms with Gasteiger partial charge in [-0.25, -0.2) is 44.3 Å². The summed E-state index contributed by atoms with van der Waals surface area (Å²) in [6, 6.07) is 16.1. The largest absolute Gasteiger partial charge is 0.380 e. The first-order chi connectivity index (χ1) is 55.2. The molecule has 33 heteroatoms. The third kappa shape index (κ3) is 17.4. The number of likely N-dealkylation sites (tertiary alicyclic amines) is 3. The molecule has 9 aliphatic rings. The number of nitrogens with one attached hydrogen (secondary N) is 3. The lowest BCUT2D eigenvalue weighted by molar-refractivity contribution is -0.131. The first-order valence-electron chi connectivity index (χ1n) is 38.8. The molecule has 3 N–H and O–H groups in total. The maximum atomic E-state index is 13.4. The van der Waals surface area contributed by atoms with Crippen molar-refractivity contribution in [1.29, 1.82) is 15.8 Å². The highest BCUT2D eigenvalue weighted by atomic mass is 16.5. The molecule has 6 aromatic rings. The number of nitrogens with zero attached hydrogens (tertiary/aromatic N) is 18. The number of urea groups is 3. The van der Waals surface area contributed by atoms with Crippen molar-refractivity contribution < 1.29 is 57.4 Å². The number of ether oxygens (including phenoxy) is 3. The molecule has 15 rings (SSSR count). The fourth-order valence-corrected chi connectivity index (χ4v) is 16.3. The van der Waals surface area contributed by atoms with Crippen molar-refractivity contribution in [1.82, 2.24) is 44.6 Å². The Morgan fingerprint density at radius 1 is 0.430 bits per heavy atom. The molecule has 0 saturated carbocycles. The van der Waals surface area contributed by atoms with Crippen LogP contribution in [0.5, 0.6) is 0 Å². The molecule has 6 aromatic heterocycles. The Hall–Kier alpha value is -12.1. The van der Waals surface area contributed by atoms with Gasteiger partial charge >= 0.3 is 18.1 Å². The first-order valence-corrected chi connectivity index (χ1v) is 38.8. The number of pyridine rings is 6. The van der Waals surface area contributed by atoms with E-state index in [4.69, 9.17) is 14.2 Å². The van der Waals surface area contributed by atoms with E-state index in [0.717, 1.165) is 113 Å². The lowest BCUT2D eigenvalue weighted by Crippen LogP contribution is -2.40.